The predicted molar refractivity (Wildman–Crippen MR) is 76.7 cm³/mol. The van der Waals surface area contributed by atoms with E-state index in [-0.39, 0.29) is 5.91 Å². The van der Waals surface area contributed by atoms with E-state index < -0.39 is 0 Å². The highest BCUT2D eigenvalue weighted by Gasteiger charge is 2.20. The molecule has 1 amide bonds. The highest BCUT2D eigenvalue weighted by molar-refractivity contribution is 6.03. The maximum atomic E-state index is 12.4. The first kappa shape index (κ1) is 12.9. The van der Waals surface area contributed by atoms with E-state index in [0.717, 1.165) is 31.6 Å². The Morgan fingerprint density at radius 2 is 2.25 bits per heavy atom. The molecule has 20 heavy (non-hydrogen) atoms. The lowest BCUT2D eigenvalue weighted by molar-refractivity contribution is 0.101. The van der Waals surface area contributed by atoms with Gasteiger partial charge in [0.15, 0.2) is 0 Å². The molecule has 1 fully saturated rings. The van der Waals surface area contributed by atoms with Crippen LogP contribution in [0.2, 0.25) is 0 Å². The number of carbonyl (C=O) groups excluding carboxylic acids is 1. The van der Waals surface area contributed by atoms with Crippen LogP contribution in [0.5, 0.6) is 0 Å². The summed E-state index contributed by atoms with van der Waals surface area (Å²) >= 11 is 0. The van der Waals surface area contributed by atoms with E-state index in [4.69, 9.17) is 0 Å². The largest absolute Gasteiger partial charge is 0.340 e. The molecule has 2 N–H and O–H groups in total. The summed E-state index contributed by atoms with van der Waals surface area (Å²) in [6.45, 7) is 2.01. The van der Waals surface area contributed by atoms with E-state index in [1.165, 1.54) is 0 Å². The number of nitrogens with one attached hydrogen (secondary N) is 2. The van der Waals surface area contributed by atoms with Crippen molar-refractivity contribution in [3.05, 3.63) is 36.4 Å². The third kappa shape index (κ3) is 2.60. The lowest BCUT2D eigenvalue weighted by Gasteiger charge is -2.25. The van der Waals surface area contributed by atoms with E-state index >= 15 is 0 Å². The van der Waals surface area contributed by atoms with Crippen LogP contribution in [-0.4, -0.2) is 33.3 Å². The third-order valence-electron chi connectivity index (χ3n) is 3.68. The number of piperidine rings is 1. The molecule has 3 heterocycles. The zero-order chi connectivity index (χ0) is 13.9. The van der Waals surface area contributed by atoms with Crippen LogP contribution in [-0.2, 0) is 7.05 Å². The number of anilines is 1. The molecule has 6 heteroatoms. The number of amides is 1. The molecule has 1 aliphatic rings. The summed E-state index contributed by atoms with van der Waals surface area (Å²) in [5, 5.41) is 10.3. The van der Waals surface area contributed by atoms with Crippen LogP contribution >= 0.6 is 0 Å². The Hall–Kier alpha value is -2.08. The number of nitrogens with zero attached hydrogens (tertiary/aromatic N) is 3. The van der Waals surface area contributed by atoms with Gasteiger partial charge >= 0.3 is 0 Å². The minimum absolute atomic E-state index is 0.0819. The van der Waals surface area contributed by atoms with Gasteiger partial charge in [0.25, 0.3) is 5.91 Å². The van der Waals surface area contributed by atoms with Gasteiger partial charge in [0.05, 0.1) is 11.9 Å². The fourth-order valence-corrected chi connectivity index (χ4v) is 2.67. The predicted octanol–water partition coefficient (Wildman–Crippen LogP) is 1.40. The molecule has 2 aromatic heterocycles. The monoisotopic (exact) mass is 273 g/mol. The SMILES string of the molecule is Cn1cc(NC(=O)c2cccn2C2CCNCC2)cn1. The minimum atomic E-state index is -0.0819. The third-order valence-corrected chi connectivity index (χ3v) is 3.68. The highest BCUT2D eigenvalue weighted by Crippen LogP contribution is 2.21. The number of aromatic nitrogens is 3. The molecule has 1 saturated heterocycles. The summed E-state index contributed by atoms with van der Waals surface area (Å²) in [6.07, 6.45) is 7.54. The van der Waals surface area contributed by atoms with Crippen molar-refractivity contribution in [3.63, 3.8) is 0 Å². The summed E-state index contributed by atoms with van der Waals surface area (Å²) in [4.78, 5) is 12.4. The van der Waals surface area contributed by atoms with Gasteiger partial charge in [-0.3, -0.25) is 9.48 Å². The zero-order valence-electron chi connectivity index (χ0n) is 11.5. The van der Waals surface area contributed by atoms with Crippen LogP contribution < -0.4 is 10.6 Å². The van der Waals surface area contributed by atoms with E-state index in [2.05, 4.69) is 20.3 Å². The van der Waals surface area contributed by atoms with Crippen molar-refractivity contribution in [2.75, 3.05) is 18.4 Å². The maximum Gasteiger partial charge on any atom is 0.272 e. The van der Waals surface area contributed by atoms with Crippen molar-refractivity contribution in [3.8, 4) is 0 Å². The van der Waals surface area contributed by atoms with E-state index in [1.54, 1.807) is 17.1 Å². The number of hydrogen-bond acceptors (Lipinski definition) is 3. The van der Waals surface area contributed by atoms with Gasteiger partial charge in [0.2, 0.25) is 0 Å². The Balaban J connectivity index is 1.76. The molecule has 0 unspecified atom stereocenters. The minimum Gasteiger partial charge on any atom is -0.340 e. The summed E-state index contributed by atoms with van der Waals surface area (Å²) in [5.74, 6) is -0.0819. The smallest absolute Gasteiger partial charge is 0.272 e. The second-order valence-corrected chi connectivity index (χ2v) is 5.14. The van der Waals surface area contributed by atoms with Crippen molar-refractivity contribution < 1.29 is 4.79 Å². The van der Waals surface area contributed by atoms with Crippen molar-refractivity contribution in [2.24, 2.45) is 7.05 Å². The average Bonchev–Trinajstić information content (AvgIpc) is 3.09. The zero-order valence-corrected chi connectivity index (χ0v) is 11.5. The molecule has 0 aromatic carbocycles. The van der Waals surface area contributed by atoms with E-state index in [0.29, 0.717) is 11.7 Å². The Bertz CT molecular complexity index is 594. The summed E-state index contributed by atoms with van der Waals surface area (Å²) in [6, 6.07) is 4.20. The molecule has 2 aromatic rings. The van der Waals surface area contributed by atoms with Crippen molar-refractivity contribution in [1.29, 1.82) is 0 Å². The average molecular weight is 273 g/mol. The van der Waals surface area contributed by atoms with Crippen molar-refractivity contribution in [2.45, 2.75) is 18.9 Å². The van der Waals surface area contributed by atoms with Gasteiger partial charge in [0.1, 0.15) is 5.69 Å². The van der Waals surface area contributed by atoms with E-state index in [9.17, 15) is 4.79 Å². The second-order valence-electron chi connectivity index (χ2n) is 5.14. The summed E-state index contributed by atoms with van der Waals surface area (Å²) in [5.41, 5.74) is 1.43. The standard InChI is InChI=1S/C14H19N5O/c1-18-10-11(9-16-18)17-14(20)13-3-2-8-19(13)12-4-6-15-7-5-12/h2-3,8-10,12,15H,4-7H2,1H3,(H,17,20). The molecule has 0 saturated carbocycles. The summed E-state index contributed by atoms with van der Waals surface area (Å²) < 4.78 is 3.76. The second kappa shape index (κ2) is 5.50. The first-order chi connectivity index (χ1) is 9.74. The number of carbonyl (C=O) groups is 1. The van der Waals surface area contributed by atoms with Gasteiger partial charge in [-0.25, -0.2) is 0 Å². The Kier molecular flexibility index (Phi) is 3.56. The first-order valence-electron chi connectivity index (χ1n) is 6.91. The molecule has 3 rings (SSSR count). The first-order valence-corrected chi connectivity index (χ1v) is 6.91. The van der Waals surface area contributed by atoms with Gasteiger partial charge in [-0.05, 0) is 38.1 Å². The molecular formula is C14H19N5O. The molecule has 1 aliphatic heterocycles. The van der Waals surface area contributed by atoms with Gasteiger partial charge < -0.3 is 15.2 Å². The normalized spacial score (nSPS) is 16.2. The van der Waals surface area contributed by atoms with Gasteiger partial charge in [0, 0.05) is 25.5 Å². The number of rotatable bonds is 3. The summed E-state index contributed by atoms with van der Waals surface area (Å²) in [7, 11) is 1.83. The molecule has 0 atom stereocenters. The van der Waals surface area contributed by atoms with Crippen LogP contribution in [0, 0.1) is 0 Å². The Labute approximate surface area is 117 Å². The lowest BCUT2D eigenvalue weighted by atomic mass is 10.1. The molecule has 0 spiro atoms. The molecule has 0 aliphatic carbocycles. The Morgan fingerprint density at radius 3 is 2.95 bits per heavy atom. The topological polar surface area (TPSA) is 63.9 Å². The van der Waals surface area contributed by atoms with Crippen molar-refractivity contribution in [1.82, 2.24) is 19.7 Å². The lowest BCUT2D eigenvalue weighted by Crippen LogP contribution is -2.31. The molecule has 0 bridgehead atoms. The van der Waals surface area contributed by atoms with Crippen LogP contribution in [0.25, 0.3) is 0 Å². The molecule has 6 nitrogen and oxygen atoms in total. The maximum absolute atomic E-state index is 12.4. The molecule has 0 radical (unpaired) electrons. The van der Waals surface area contributed by atoms with Crippen molar-refractivity contribution >= 4 is 11.6 Å². The number of aryl methyl sites for hydroxylation is 1. The Morgan fingerprint density at radius 1 is 1.45 bits per heavy atom. The van der Waals surface area contributed by atoms with Gasteiger partial charge in [-0.1, -0.05) is 0 Å². The van der Waals surface area contributed by atoms with E-state index in [1.807, 2.05) is 25.4 Å². The highest BCUT2D eigenvalue weighted by atomic mass is 16.2. The van der Waals surface area contributed by atoms with Crippen LogP contribution in [0.4, 0.5) is 5.69 Å². The fraction of sp³-hybridized carbons (Fsp3) is 0.429. The van der Waals surface area contributed by atoms with Crippen LogP contribution in [0.1, 0.15) is 29.4 Å². The fourth-order valence-electron chi connectivity index (χ4n) is 2.67. The molecular weight excluding hydrogens is 254 g/mol. The quantitative estimate of drug-likeness (QED) is 0.888. The van der Waals surface area contributed by atoms with Crippen LogP contribution in [0.3, 0.4) is 0 Å². The van der Waals surface area contributed by atoms with Crippen LogP contribution in [0.15, 0.2) is 30.7 Å². The molecule has 106 valence electrons. The van der Waals surface area contributed by atoms with Gasteiger partial charge in [-0.15, -0.1) is 0 Å². The number of hydrogen-bond donors (Lipinski definition) is 2. The van der Waals surface area contributed by atoms with Gasteiger partial charge in [-0.2, -0.15) is 5.10 Å².